The molecule has 0 aromatic carbocycles. The van der Waals surface area contributed by atoms with Gasteiger partial charge < -0.3 is 19.3 Å². The van der Waals surface area contributed by atoms with Crippen molar-refractivity contribution in [2.75, 3.05) is 46.0 Å². The first-order valence-electron chi connectivity index (χ1n) is 10.4. The van der Waals surface area contributed by atoms with Gasteiger partial charge in [0, 0.05) is 25.9 Å². The summed E-state index contributed by atoms with van der Waals surface area (Å²) in [5, 5.41) is 0. The van der Waals surface area contributed by atoms with Crippen LogP contribution in [0.3, 0.4) is 0 Å². The van der Waals surface area contributed by atoms with Gasteiger partial charge in [-0.05, 0) is 24.7 Å². The lowest BCUT2D eigenvalue weighted by molar-refractivity contribution is -0.158. The molecule has 4 rings (SSSR count). The van der Waals surface area contributed by atoms with Crippen LogP contribution in [0, 0.1) is 11.8 Å². The van der Waals surface area contributed by atoms with Crippen molar-refractivity contribution >= 4 is 11.8 Å². The lowest BCUT2D eigenvalue weighted by atomic mass is 9.85. The van der Waals surface area contributed by atoms with Crippen molar-refractivity contribution in [1.82, 2.24) is 9.80 Å². The molecule has 3 aliphatic heterocycles. The summed E-state index contributed by atoms with van der Waals surface area (Å²) in [5.41, 5.74) is -0.168. The fourth-order valence-corrected chi connectivity index (χ4v) is 5.09. The minimum atomic E-state index is -0.168. The first kappa shape index (κ1) is 18.2. The minimum Gasteiger partial charge on any atom is -0.378 e. The van der Waals surface area contributed by atoms with Crippen molar-refractivity contribution in [3.05, 3.63) is 0 Å². The number of likely N-dealkylation sites (tertiary alicyclic amines) is 1. The monoisotopic (exact) mass is 364 g/mol. The predicted molar refractivity (Wildman–Crippen MR) is 96.6 cm³/mol. The van der Waals surface area contributed by atoms with Gasteiger partial charge in [-0.3, -0.25) is 9.59 Å². The molecule has 6 heteroatoms. The molecule has 3 heterocycles. The van der Waals surface area contributed by atoms with Gasteiger partial charge in [0.25, 0.3) is 0 Å². The third-order valence-electron chi connectivity index (χ3n) is 6.66. The van der Waals surface area contributed by atoms with E-state index in [4.69, 9.17) is 9.47 Å². The Balaban J connectivity index is 1.17. The maximum Gasteiger partial charge on any atom is 0.223 e. The van der Waals surface area contributed by atoms with Crippen LogP contribution >= 0.6 is 0 Å². The zero-order valence-electron chi connectivity index (χ0n) is 15.8. The van der Waals surface area contributed by atoms with Crippen molar-refractivity contribution in [3.8, 4) is 0 Å². The molecule has 1 atom stereocenters. The highest BCUT2D eigenvalue weighted by molar-refractivity contribution is 5.78. The molecule has 4 fully saturated rings. The van der Waals surface area contributed by atoms with Crippen molar-refractivity contribution < 1.29 is 19.1 Å². The molecule has 1 unspecified atom stereocenters. The van der Waals surface area contributed by atoms with E-state index in [0.29, 0.717) is 57.6 Å². The normalized spacial score (nSPS) is 28.5. The standard InChI is InChI=1S/C20H32N2O4/c23-18(6-5-16-3-1-2-4-16)22-14-20(15-22)12-17(13-26-20)11-19(24)21-7-9-25-10-8-21/h16-17H,1-15H2. The van der Waals surface area contributed by atoms with Gasteiger partial charge in [0.05, 0.1) is 32.9 Å². The van der Waals surface area contributed by atoms with Crippen LogP contribution < -0.4 is 0 Å². The Bertz CT molecular complexity index is 520. The number of rotatable bonds is 5. The summed E-state index contributed by atoms with van der Waals surface area (Å²) in [5.74, 6) is 1.58. The van der Waals surface area contributed by atoms with Crippen LogP contribution in [0.2, 0.25) is 0 Å². The van der Waals surface area contributed by atoms with E-state index in [9.17, 15) is 9.59 Å². The molecule has 26 heavy (non-hydrogen) atoms. The average molecular weight is 364 g/mol. The van der Waals surface area contributed by atoms with Gasteiger partial charge >= 0.3 is 0 Å². The molecule has 1 spiro atoms. The first-order chi connectivity index (χ1) is 12.6. The van der Waals surface area contributed by atoms with E-state index >= 15 is 0 Å². The Hall–Kier alpha value is -1.14. The maximum atomic E-state index is 12.4. The van der Waals surface area contributed by atoms with E-state index in [1.807, 2.05) is 9.80 Å². The lowest BCUT2D eigenvalue weighted by Crippen LogP contribution is -2.63. The molecule has 0 aromatic heterocycles. The smallest absolute Gasteiger partial charge is 0.223 e. The molecule has 0 N–H and O–H groups in total. The number of amides is 2. The summed E-state index contributed by atoms with van der Waals surface area (Å²) in [6.07, 6.45) is 8.51. The lowest BCUT2D eigenvalue weighted by Gasteiger charge is -2.47. The quantitative estimate of drug-likeness (QED) is 0.747. The maximum absolute atomic E-state index is 12.4. The second kappa shape index (κ2) is 7.85. The fraction of sp³-hybridized carbons (Fsp3) is 0.900. The van der Waals surface area contributed by atoms with E-state index in [1.165, 1.54) is 25.7 Å². The number of carbonyl (C=O) groups excluding carboxylic acids is 2. The number of ether oxygens (including phenoxy) is 2. The summed E-state index contributed by atoms with van der Waals surface area (Å²) < 4.78 is 11.4. The van der Waals surface area contributed by atoms with Crippen molar-refractivity contribution in [1.29, 1.82) is 0 Å². The van der Waals surface area contributed by atoms with Crippen LogP contribution in [0.25, 0.3) is 0 Å². The first-order valence-corrected chi connectivity index (χ1v) is 10.4. The number of morpholine rings is 1. The molecule has 0 radical (unpaired) electrons. The highest BCUT2D eigenvalue weighted by Crippen LogP contribution is 2.40. The Morgan fingerprint density at radius 1 is 0.962 bits per heavy atom. The van der Waals surface area contributed by atoms with Gasteiger partial charge in [-0.2, -0.15) is 0 Å². The average Bonchev–Trinajstić information content (AvgIpc) is 3.29. The molecule has 4 aliphatic rings. The molecule has 3 saturated heterocycles. The van der Waals surface area contributed by atoms with Crippen LogP contribution in [-0.4, -0.2) is 73.2 Å². The van der Waals surface area contributed by atoms with Gasteiger partial charge in [0.1, 0.15) is 5.60 Å². The third-order valence-corrected chi connectivity index (χ3v) is 6.66. The van der Waals surface area contributed by atoms with E-state index in [2.05, 4.69) is 0 Å². The van der Waals surface area contributed by atoms with Crippen molar-refractivity contribution in [2.24, 2.45) is 11.8 Å². The predicted octanol–water partition coefficient (Wildman–Crippen LogP) is 1.82. The van der Waals surface area contributed by atoms with Crippen molar-refractivity contribution in [3.63, 3.8) is 0 Å². The summed E-state index contributed by atoms with van der Waals surface area (Å²) in [6.45, 7) is 4.81. The van der Waals surface area contributed by atoms with E-state index < -0.39 is 0 Å². The molecule has 1 aliphatic carbocycles. The molecule has 6 nitrogen and oxygen atoms in total. The van der Waals surface area contributed by atoms with Gasteiger partial charge in [-0.25, -0.2) is 0 Å². The summed E-state index contributed by atoms with van der Waals surface area (Å²) in [7, 11) is 0. The molecular weight excluding hydrogens is 332 g/mol. The minimum absolute atomic E-state index is 0.168. The largest absolute Gasteiger partial charge is 0.378 e. The van der Waals surface area contributed by atoms with Gasteiger partial charge in [-0.15, -0.1) is 0 Å². The summed E-state index contributed by atoms with van der Waals surface area (Å²) in [4.78, 5) is 28.7. The Morgan fingerprint density at radius 3 is 2.42 bits per heavy atom. The van der Waals surface area contributed by atoms with Crippen LogP contribution in [0.15, 0.2) is 0 Å². The van der Waals surface area contributed by atoms with E-state index in [-0.39, 0.29) is 11.5 Å². The molecule has 0 bridgehead atoms. The number of hydrogen-bond acceptors (Lipinski definition) is 4. The van der Waals surface area contributed by atoms with Gasteiger partial charge in [-0.1, -0.05) is 25.7 Å². The van der Waals surface area contributed by atoms with Crippen LogP contribution in [0.5, 0.6) is 0 Å². The highest BCUT2D eigenvalue weighted by atomic mass is 16.5. The number of nitrogens with zero attached hydrogens (tertiary/aromatic N) is 2. The number of carbonyl (C=O) groups is 2. The van der Waals surface area contributed by atoms with E-state index in [0.717, 1.165) is 31.8 Å². The fourth-order valence-electron chi connectivity index (χ4n) is 5.09. The van der Waals surface area contributed by atoms with Crippen LogP contribution in [0.4, 0.5) is 0 Å². The molecule has 146 valence electrons. The van der Waals surface area contributed by atoms with Crippen molar-refractivity contribution in [2.45, 2.75) is 57.0 Å². The molecule has 0 aromatic rings. The van der Waals surface area contributed by atoms with Crippen LogP contribution in [0.1, 0.15) is 51.4 Å². The summed E-state index contributed by atoms with van der Waals surface area (Å²) in [6, 6.07) is 0. The number of hydrogen-bond donors (Lipinski definition) is 0. The topological polar surface area (TPSA) is 59.1 Å². The van der Waals surface area contributed by atoms with E-state index in [1.54, 1.807) is 0 Å². The Labute approximate surface area is 156 Å². The zero-order valence-corrected chi connectivity index (χ0v) is 15.8. The Morgan fingerprint density at radius 2 is 1.69 bits per heavy atom. The van der Waals surface area contributed by atoms with Crippen LogP contribution in [-0.2, 0) is 19.1 Å². The second-order valence-electron chi connectivity index (χ2n) is 8.70. The Kier molecular flexibility index (Phi) is 5.50. The second-order valence-corrected chi connectivity index (χ2v) is 8.70. The van der Waals surface area contributed by atoms with Gasteiger partial charge in [0.15, 0.2) is 0 Å². The zero-order chi connectivity index (χ0) is 18.0. The molecule has 1 saturated carbocycles. The van der Waals surface area contributed by atoms with Gasteiger partial charge in [0.2, 0.25) is 11.8 Å². The molecular formula is C20H32N2O4. The SMILES string of the molecule is O=C(CC1COC2(C1)CN(C(=O)CCC1CCCC1)C2)N1CCOCC1. The third kappa shape index (κ3) is 4.06. The summed E-state index contributed by atoms with van der Waals surface area (Å²) >= 11 is 0. The highest BCUT2D eigenvalue weighted by Gasteiger charge is 2.51. The molecule has 2 amide bonds.